The minimum Gasteiger partial charge on any atom is -0.438 e. The van der Waals surface area contributed by atoms with Crippen LogP contribution in [0.3, 0.4) is 0 Å². The first kappa shape index (κ1) is 26.2. The number of carbonyl (C=O) groups excluding carboxylic acids is 1. The van der Waals surface area contributed by atoms with Crippen molar-refractivity contribution in [3.8, 4) is 11.6 Å². The zero-order valence-corrected chi connectivity index (χ0v) is 20.6. The zero-order chi connectivity index (χ0) is 26.4. The molecule has 2 aromatic heterocycles. The molecule has 0 saturated heterocycles. The Hall–Kier alpha value is -3.92. The van der Waals surface area contributed by atoms with E-state index in [1.165, 1.54) is 18.5 Å². The highest BCUT2D eigenvalue weighted by atomic mass is 19.4. The predicted molar refractivity (Wildman–Crippen MR) is 136 cm³/mol. The number of hydrogen-bond acceptors (Lipinski definition) is 5. The van der Waals surface area contributed by atoms with E-state index in [9.17, 15) is 18.0 Å². The molecular weight excluding hydrogens is 483 g/mol. The fourth-order valence-electron chi connectivity index (χ4n) is 3.95. The van der Waals surface area contributed by atoms with Crippen LogP contribution >= 0.6 is 0 Å². The molecule has 0 radical (unpaired) electrons. The van der Waals surface area contributed by atoms with Gasteiger partial charge in [-0.1, -0.05) is 26.0 Å². The van der Waals surface area contributed by atoms with Gasteiger partial charge >= 0.3 is 6.18 Å². The van der Waals surface area contributed by atoms with Gasteiger partial charge in [-0.15, -0.1) is 0 Å². The molecule has 1 amide bonds. The van der Waals surface area contributed by atoms with Crippen molar-refractivity contribution < 1.29 is 22.7 Å². The molecule has 0 bridgehead atoms. The van der Waals surface area contributed by atoms with Crippen molar-refractivity contribution in [3.63, 3.8) is 0 Å². The van der Waals surface area contributed by atoms with E-state index in [-0.39, 0.29) is 12.3 Å². The maximum Gasteiger partial charge on any atom is 0.416 e. The summed E-state index contributed by atoms with van der Waals surface area (Å²) >= 11 is 0. The fourth-order valence-corrected chi connectivity index (χ4v) is 3.95. The molecule has 37 heavy (non-hydrogen) atoms. The van der Waals surface area contributed by atoms with Gasteiger partial charge < -0.3 is 19.5 Å². The highest BCUT2D eigenvalue weighted by Gasteiger charge is 2.30. The highest BCUT2D eigenvalue weighted by molar-refractivity contribution is 5.92. The Morgan fingerprint density at radius 2 is 1.70 bits per heavy atom. The molecule has 4 aromatic rings. The van der Waals surface area contributed by atoms with Gasteiger partial charge in [0.05, 0.1) is 17.4 Å². The molecule has 0 atom stereocenters. The SMILES string of the molecule is CCN(CC)CCn1ccc2c(Oc3ccc(NC(=O)Cc4ccc(C(F)(F)F)cc4)cc3)ncnc21. The minimum absolute atomic E-state index is 0.0411. The van der Waals surface area contributed by atoms with Crippen LogP contribution in [0.4, 0.5) is 18.9 Å². The lowest BCUT2D eigenvalue weighted by molar-refractivity contribution is -0.137. The lowest BCUT2D eigenvalue weighted by Crippen LogP contribution is -2.26. The lowest BCUT2D eigenvalue weighted by atomic mass is 10.1. The summed E-state index contributed by atoms with van der Waals surface area (Å²) < 4.78 is 46.2. The van der Waals surface area contributed by atoms with Gasteiger partial charge in [0.1, 0.15) is 17.7 Å². The molecular formula is C27H28F3N5O2. The van der Waals surface area contributed by atoms with E-state index in [2.05, 4.69) is 38.6 Å². The smallest absolute Gasteiger partial charge is 0.416 e. The number of hydrogen-bond donors (Lipinski definition) is 1. The van der Waals surface area contributed by atoms with Gasteiger partial charge in [0.25, 0.3) is 0 Å². The molecule has 2 heterocycles. The summed E-state index contributed by atoms with van der Waals surface area (Å²) in [6, 6.07) is 13.3. The molecule has 0 spiro atoms. The highest BCUT2D eigenvalue weighted by Crippen LogP contribution is 2.30. The van der Waals surface area contributed by atoms with Crippen LogP contribution in [-0.2, 0) is 23.9 Å². The standard InChI is InChI=1S/C27H28F3N5O2/c1-3-34(4-2)15-16-35-14-13-23-25(35)31-18-32-26(23)37-22-11-9-21(10-12-22)33-24(36)17-19-5-7-20(8-6-19)27(28,29)30/h5-14,18H,3-4,15-17H2,1-2H3,(H,33,36). The van der Waals surface area contributed by atoms with Gasteiger partial charge in [-0.25, -0.2) is 9.97 Å². The summed E-state index contributed by atoms with van der Waals surface area (Å²) in [5.74, 6) is 0.638. The van der Waals surface area contributed by atoms with E-state index in [4.69, 9.17) is 4.74 Å². The second kappa shape index (κ2) is 11.4. The first-order valence-electron chi connectivity index (χ1n) is 12.0. The van der Waals surface area contributed by atoms with Crippen LogP contribution in [0.5, 0.6) is 11.6 Å². The molecule has 0 aliphatic rings. The van der Waals surface area contributed by atoms with E-state index in [0.29, 0.717) is 22.9 Å². The van der Waals surface area contributed by atoms with E-state index in [1.807, 2.05) is 12.3 Å². The quantitative estimate of drug-likeness (QED) is 0.293. The molecule has 2 aromatic carbocycles. The Balaban J connectivity index is 1.37. The number of anilines is 1. The average molecular weight is 512 g/mol. The number of alkyl halides is 3. The van der Waals surface area contributed by atoms with Crippen molar-refractivity contribution in [2.75, 3.05) is 25.0 Å². The topological polar surface area (TPSA) is 72.3 Å². The van der Waals surface area contributed by atoms with E-state index < -0.39 is 11.7 Å². The summed E-state index contributed by atoms with van der Waals surface area (Å²) in [5, 5.41) is 3.54. The fraction of sp³-hybridized carbons (Fsp3) is 0.296. The van der Waals surface area contributed by atoms with Crippen molar-refractivity contribution >= 4 is 22.6 Å². The molecule has 10 heteroatoms. The number of rotatable bonds is 10. The number of benzene rings is 2. The third kappa shape index (κ3) is 6.65. The molecule has 0 unspecified atom stereocenters. The van der Waals surface area contributed by atoms with Gasteiger partial charge in [0.2, 0.25) is 11.8 Å². The maximum absolute atomic E-state index is 12.7. The molecule has 4 rings (SSSR count). The molecule has 0 aliphatic heterocycles. The van der Waals surface area contributed by atoms with Gasteiger partial charge in [-0.2, -0.15) is 13.2 Å². The minimum atomic E-state index is -4.41. The van der Waals surface area contributed by atoms with Gasteiger partial charge in [0.15, 0.2) is 0 Å². The van der Waals surface area contributed by atoms with Crippen LogP contribution in [0.25, 0.3) is 11.0 Å². The van der Waals surface area contributed by atoms with E-state index in [0.717, 1.165) is 49.3 Å². The van der Waals surface area contributed by atoms with Crippen LogP contribution in [0.15, 0.2) is 67.1 Å². The second-order valence-corrected chi connectivity index (χ2v) is 8.50. The van der Waals surface area contributed by atoms with Gasteiger partial charge in [-0.3, -0.25) is 4.79 Å². The van der Waals surface area contributed by atoms with Crippen molar-refractivity contribution in [2.45, 2.75) is 33.0 Å². The van der Waals surface area contributed by atoms with Gasteiger partial charge in [-0.05, 0) is 61.1 Å². The van der Waals surface area contributed by atoms with Crippen LogP contribution < -0.4 is 10.1 Å². The number of likely N-dealkylation sites (N-methyl/N-ethyl adjacent to an activating group) is 1. The Morgan fingerprint density at radius 3 is 2.35 bits per heavy atom. The first-order chi connectivity index (χ1) is 17.8. The van der Waals surface area contributed by atoms with Crippen molar-refractivity contribution in [2.24, 2.45) is 0 Å². The summed E-state index contributed by atoms with van der Waals surface area (Å²) in [6.45, 7) is 7.99. The molecule has 1 N–H and O–H groups in total. The zero-order valence-electron chi connectivity index (χ0n) is 20.6. The number of carbonyl (C=O) groups is 1. The number of halogens is 3. The summed E-state index contributed by atoms with van der Waals surface area (Å²) in [4.78, 5) is 23.4. The van der Waals surface area contributed by atoms with Crippen molar-refractivity contribution in [1.82, 2.24) is 19.4 Å². The summed E-state index contributed by atoms with van der Waals surface area (Å²) in [6.07, 6.45) is -0.996. The number of nitrogens with zero attached hydrogens (tertiary/aromatic N) is 4. The van der Waals surface area contributed by atoms with Crippen LogP contribution in [0.2, 0.25) is 0 Å². The number of amides is 1. The third-order valence-electron chi connectivity index (χ3n) is 6.07. The predicted octanol–water partition coefficient (Wildman–Crippen LogP) is 5.77. The van der Waals surface area contributed by atoms with Crippen molar-refractivity contribution in [3.05, 3.63) is 78.2 Å². The Bertz CT molecular complexity index is 1330. The Labute approximate surface area is 212 Å². The average Bonchev–Trinajstić information content (AvgIpc) is 3.30. The molecule has 0 aliphatic carbocycles. The molecule has 194 valence electrons. The Kier molecular flexibility index (Phi) is 8.08. The monoisotopic (exact) mass is 511 g/mol. The largest absolute Gasteiger partial charge is 0.438 e. The first-order valence-corrected chi connectivity index (χ1v) is 12.0. The number of fused-ring (bicyclic) bond motifs is 1. The Morgan fingerprint density at radius 1 is 1.00 bits per heavy atom. The number of ether oxygens (including phenoxy) is 1. The second-order valence-electron chi connectivity index (χ2n) is 8.50. The molecule has 0 fully saturated rings. The van der Waals surface area contributed by atoms with Crippen LogP contribution in [0.1, 0.15) is 25.0 Å². The van der Waals surface area contributed by atoms with Gasteiger partial charge in [0, 0.05) is 25.0 Å². The number of aromatic nitrogens is 3. The third-order valence-corrected chi connectivity index (χ3v) is 6.07. The lowest BCUT2D eigenvalue weighted by Gasteiger charge is -2.18. The summed E-state index contributed by atoms with van der Waals surface area (Å²) in [7, 11) is 0. The summed E-state index contributed by atoms with van der Waals surface area (Å²) in [5.41, 5.74) is 1.08. The molecule has 0 saturated carbocycles. The number of nitrogens with one attached hydrogen (secondary N) is 1. The molecule has 7 nitrogen and oxygen atoms in total. The van der Waals surface area contributed by atoms with Crippen molar-refractivity contribution in [1.29, 1.82) is 0 Å². The normalized spacial score (nSPS) is 11.7. The van der Waals surface area contributed by atoms with Crippen LogP contribution in [-0.4, -0.2) is 45.0 Å². The maximum atomic E-state index is 12.7. The van der Waals surface area contributed by atoms with E-state index >= 15 is 0 Å². The van der Waals surface area contributed by atoms with Crippen LogP contribution in [0, 0.1) is 0 Å². The van der Waals surface area contributed by atoms with E-state index in [1.54, 1.807) is 24.3 Å².